The van der Waals surface area contributed by atoms with Crippen LogP contribution in [0.2, 0.25) is 0 Å². The molecule has 0 amide bonds. The van der Waals surface area contributed by atoms with Crippen LogP contribution in [-0.2, 0) is 19.1 Å². The molecule has 2 N–H and O–H groups in total. The van der Waals surface area contributed by atoms with Gasteiger partial charge in [-0.15, -0.1) is 11.3 Å². The van der Waals surface area contributed by atoms with Gasteiger partial charge in [0.2, 0.25) is 0 Å². The van der Waals surface area contributed by atoms with E-state index in [0.717, 1.165) is 20.8 Å². The van der Waals surface area contributed by atoms with Crippen molar-refractivity contribution >= 4 is 44.9 Å². The van der Waals surface area contributed by atoms with Crippen molar-refractivity contribution in [3.63, 3.8) is 0 Å². The fraction of sp³-hybridized carbons (Fsp3) is 0.577. The van der Waals surface area contributed by atoms with Crippen LogP contribution >= 0.6 is 22.9 Å². The maximum absolute atomic E-state index is 13.1. The highest BCUT2D eigenvalue weighted by atomic mass is 35.5. The Balaban J connectivity index is 1.91. The number of esters is 1. The molecule has 0 saturated heterocycles. The van der Waals surface area contributed by atoms with Gasteiger partial charge in [0.05, 0.1) is 52.0 Å². The van der Waals surface area contributed by atoms with E-state index in [1.807, 2.05) is 25.1 Å². The van der Waals surface area contributed by atoms with Crippen LogP contribution in [0.15, 0.2) is 29.3 Å². The van der Waals surface area contributed by atoms with E-state index >= 15 is 0 Å². The maximum Gasteiger partial charge on any atom is 0.309 e. The summed E-state index contributed by atoms with van der Waals surface area (Å²) in [6, 6.07) is 5.75. The summed E-state index contributed by atoms with van der Waals surface area (Å²) in [6.45, 7) is 8.64. The molecule has 0 unspecified atom stereocenters. The third kappa shape index (κ3) is 6.68. The van der Waals surface area contributed by atoms with Gasteiger partial charge in [-0.2, -0.15) is 0 Å². The van der Waals surface area contributed by atoms with E-state index < -0.39 is 41.7 Å². The number of Topliss-reactive ketones (excluding diaryl/α,β-unsaturated/α-hetero) is 1. The van der Waals surface area contributed by atoms with Crippen molar-refractivity contribution in [3.05, 3.63) is 39.9 Å². The van der Waals surface area contributed by atoms with Crippen molar-refractivity contribution in [3.8, 4) is 0 Å². The molecule has 1 aromatic heterocycles. The highest BCUT2D eigenvalue weighted by Gasteiger charge is 2.42. The minimum Gasteiger partial charge on any atom is -0.457 e. The Hall–Kier alpha value is -1.84. The number of hydrogen-bond acceptors (Lipinski definition) is 8. The van der Waals surface area contributed by atoms with E-state index in [9.17, 15) is 19.8 Å². The highest BCUT2D eigenvalue weighted by Crippen LogP contribution is 2.33. The minimum atomic E-state index is -1.29. The number of fused-ring (bicyclic) bond motifs is 1. The van der Waals surface area contributed by atoms with Gasteiger partial charge in [0.1, 0.15) is 11.9 Å². The molecule has 0 spiro atoms. The molecule has 0 fully saturated rings. The molecule has 3 rings (SSSR count). The largest absolute Gasteiger partial charge is 0.457 e. The lowest BCUT2D eigenvalue weighted by atomic mass is 9.74. The Labute approximate surface area is 215 Å². The SMILES string of the molecule is Cc1nc2cc([C@@H]3C/C=C(/Cl)CCO[C@H](C)[C@@H](O)[C@@H](C)C(=O)C(C)(C)[C@H](O)CC(=O)O3)ccc2s1. The number of ether oxygens (including phenoxy) is 2. The molecule has 0 saturated carbocycles. The van der Waals surface area contributed by atoms with Gasteiger partial charge in [-0.1, -0.05) is 44.5 Å². The topological polar surface area (TPSA) is 106 Å². The molecule has 2 aromatic rings. The highest BCUT2D eigenvalue weighted by molar-refractivity contribution is 7.18. The second kappa shape index (κ2) is 11.5. The molecule has 192 valence electrons. The number of halogens is 1. The third-order valence-corrected chi connectivity index (χ3v) is 7.97. The van der Waals surface area contributed by atoms with Crippen LogP contribution in [0.25, 0.3) is 10.2 Å². The van der Waals surface area contributed by atoms with Crippen molar-refractivity contribution in [2.75, 3.05) is 6.61 Å². The van der Waals surface area contributed by atoms with Crippen LogP contribution in [-0.4, -0.2) is 51.9 Å². The predicted molar refractivity (Wildman–Crippen MR) is 136 cm³/mol. The first-order chi connectivity index (χ1) is 16.4. The summed E-state index contributed by atoms with van der Waals surface area (Å²) in [4.78, 5) is 30.5. The van der Waals surface area contributed by atoms with Gasteiger partial charge >= 0.3 is 5.97 Å². The second-order valence-corrected chi connectivity index (χ2v) is 11.5. The van der Waals surface area contributed by atoms with Crippen molar-refractivity contribution < 1.29 is 29.3 Å². The molecule has 0 aliphatic carbocycles. The number of carbonyl (C=O) groups excluding carboxylic acids is 2. The summed E-state index contributed by atoms with van der Waals surface area (Å²) in [7, 11) is 0. The number of hydrogen-bond donors (Lipinski definition) is 2. The Morgan fingerprint density at radius 1 is 1.20 bits per heavy atom. The first-order valence-electron chi connectivity index (χ1n) is 11.8. The van der Waals surface area contributed by atoms with Crippen LogP contribution in [0.1, 0.15) is 63.6 Å². The lowest BCUT2D eigenvalue weighted by Gasteiger charge is -2.34. The number of aryl methyl sites for hydroxylation is 1. The lowest BCUT2D eigenvalue weighted by molar-refractivity contribution is -0.156. The van der Waals surface area contributed by atoms with Gasteiger partial charge in [-0.05, 0) is 31.5 Å². The molecule has 7 nitrogen and oxygen atoms in total. The summed E-state index contributed by atoms with van der Waals surface area (Å²) in [5, 5.41) is 22.9. The molecular formula is C26H34ClNO6S. The number of aliphatic hydroxyl groups is 2. The number of carbonyl (C=O) groups is 2. The van der Waals surface area contributed by atoms with E-state index in [0.29, 0.717) is 17.9 Å². The zero-order valence-electron chi connectivity index (χ0n) is 20.8. The number of aliphatic hydroxyl groups excluding tert-OH is 2. The molecule has 1 aliphatic rings. The molecule has 5 atom stereocenters. The van der Waals surface area contributed by atoms with Gasteiger partial charge in [-0.3, -0.25) is 9.59 Å². The van der Waals surface area contributed by atoms with Crippen molar-refractivity contribution in [2.45, 2.75) is 78.3 Å². The quantitative estimate of drug-likeness (QED) is 0.514. The molecule has 35 heavy (non-hydrogen) atoms. The standard InChI is InChI=1S/C26H34ClNO6S/c1-14-24(31)15(2)33-11-10-18(27)7-8-20(17-6-9-21-19(12-17)28-16(3)35-21)34-23(30)13-22(29)26(4,5)25(14)32/h6-7,9,12,14-15,20,22,24,29,31H,8,10-11,13H2,1-5H3/b18-7+/t14-,15-,20+,22-,24+/m1/s1. The molecule has 0 radical (unpaired) electrons. The number of ketones is 1. The molecule has 9 heteroatoms. The first-order valence-corrected chi connectivity index (χ1v) is 13.0. The van der Waals surface area contributed by atoms with Crippen LogP contribution in [0.5, 0.6) is 0 Å². The van der Waals surface area contributed by atoms with Crippen LogP contribution in [0.4, 0.5) is 0 Å². The van der Waals surface area contributed by atoms with E-state index in [1.54, 1.807) is 45.1 Å². The summed E-state index contributed by atoms with van der Waals surface area (Å²) in [6.07, 6.45) is -1.43. The normalized spacial score (nSPS) is 31.1. The molecule has 2 heterocycles. The van der Waals surface area contributed by atoms with E-state index in [4.69, 9.17) is 21.1 Å². The van der Waals surface area contributed by atoms with E-state index in [1.165, 1.54) is 0 Å². The summed E-state index contributed by atoms with van der Waals surface area (Å²) >= 11 is 7.99. The van der Waals surface area contributed by atoms with E-state index in [-0.39, 0.29) is 18.8 Å². The Morgan fingerprint density at radius 3 is 2.63 bits per heavy atom. The smallest absolute Gasteiger partial charge is 0.309 e. The summed E-state index contributed by atoms with van der Waals surface area (Å²) < 4.78 is 12.6. The molecule has 0 bridgehead atoms. The van der Waals surface area contributed by atoms with Crippen LogP contribution in [0, 0.1) is 18.3 Å². The van der Waals surface area contributed by atoms with Gasteiger partial charge in [-0.25, -0.2) is 4.98 Å². The number of nitrogens with zero attached hydrogens (tertiary/aromatic N) is 1. The van der Waals surface area contributed by atoms with Crippen molar-refractivity contribution in [1.29, 1.82) is 0 Å². The average molecular weight is 524 g/mol. The third-order valence-electron chi connectivity index (χ3n) is 6.67. The van der Waals surface area contributed by atoms with Gasteiger partial charge in [0, 0.05) is 23.8 Å². The predicted octanol–water partition coefficient (Wildman–Crippen LogP) is 4.85. The molecular weight excluding hydrogens is 490 g/mol. The van der Waals surface area contributed by atoms with Crippen LogP contribution in [0.3, 0.4) is 0 Å². The number of aromatic nitrogens is 1. The summed E-state index contributed by atoms with van der Waals surface area (Å²) in [5.74, 6) is -1.78. The van der Waals surface area contributed by atoms with Gasteiger partial charge in [0.15, 0.2) is 0 Å². The lowest BCUT2D eigenvalue weighted by Crippen LogP contribution is -2.47. The number of rotatable bonds is 1. The second-order valence-electron chi connectivity index (χ2n) is 9.74. The fourth-order valence-electron chi connectivity index (χ4n) is 4.22. The van der Waals surface area contributed by atoms with Gasteiger partial charge < -0.3 is 19.7 Å². The Kier molecular flexibility index (Phi) is 9.10. The Bertz CT molecular complexity index is 1100. The van der Waals surface area contributed by atoms with E-state index in [2.05, 4.69) is 4.98 Å². The van der Waals surface area contributed by atoms with Crippen molar-refractivity contribution in [1.82, 2.24) is 4.98 Å². The Morgan fingerprint density at radius 2 is 1.91 bits per heavy atom. The number of cyclic esters (lactones) is 1. The number of thiazole rings is 1. The summed E-state index contributed by atoms with van der Waals surface area (Å²) in [5.41, 5.74) is 0.320. The average Bonchev–Trinajstić information content (AvgIpc) is 3.18. The van der Waals surface area contributed by atoms with Crippen molar-refractivity contribution in [2.24, 2.45) is 11.3 Å². The first kappa shape index (κ1) is 27.7. The minimum absolute atomic E-state index is 0.259. The molecule has 1 aliphatic heterocycles. The zero-order chi connectivity index (χ0) is 25.9. The molecule has 1 aromatic carbocycles. The number of benzene rings is 1. The zero-order valence-corrected chi connectivity index (χ0v) is 22.4. The van der Waals surface area contributed by atoms with Gasteiger partial charge in [0.25, 0.3) is 0 Å². The monoisotopic (exact) mass is 523 g/mol. The fourth-order valence-corrected chi connectivity index (χ4v) is 5.20. The maximum atomic E-state index is 13.1. The van der Waals surface area contributed by atoms with Crippen LogP contribution < -0.4 is 0 Å².